The van der Waals surface area contributed by atoms with E-state index in [2.05, 4.69) is 49.7 Å². The Morgan fingerprint density at radius 3 is 1.65 bits per heavy atom. The maximum atomic E-state index is 12.6. The van der Waals surface area contributed by atoms with E-state index in [4.69, 9.17) is 22.3 Å². The Kier molecular flexibility index (Phi) is 20.3. The number of fused-ring (bicyclic) bond motifs is 1. The lowest BCUT2D eigenvalue weighted by Crippen LogP contribution is -2.28. The number of nitrogens with two attached hydrogens (primary N) is 3. The second kappa shape index (κ2) is 25.1. The number of nitrogens with zero attached hydrogens (tertiary/aromatic N) is 7. The number of hydrogen-bond acceptors (Lipinski definition) is 19. The molecular weight excluding hydrogens is 931 g/mol. The molecule has 0 aliphatic rings. The SMILES string of the molecule is COC(=O)Cc1c(C)nc(N=C(SC)SC)n(C)c1=O.COC(=O)Cc1c(C)nc(Nc2nc3cc(C)c(C)cc3[nH]2)n(C)c1=O.Cc1cc(N)c(N)cc1C.Cc1nc(N)[nH]c(=O)c1CC(=O)O. The van der Waals surface area contributed by atoms with Gasteiger partial charge in [0.05, 0.1) is 73.0 Å². The smallest absolute Gasteiger partial charge is 0.310 e. The van der Waals surface area contributed by atoms with Crippen LogP contribution in [0.3, 0.4) is 0 Å². The van der Waals surface area contributed by atoms with E-state index >= 15 is 0 Å². The molecule has 0 spiro atoms. The van der Waals surface area contributed by atoms with E-state index in [1.807, 2.05) is 64.5 Å². The number of H-pyrrole nitrogens is 2. The Labute approximate surface area is 406 Å². The Bertz CT molecular complexity index is 2990. The van der Waals surface area contributed by atoms with Crippen LogP contribution in [0.25, 0.3) is 11.0 Å². The molecule has 0 radical (unpaired) electrons. The number of carbonyl (C=O) groups excluding carboxylic acids is 2. The minimum absolute atomic E-state index is 0.00311. The van der Waals surface area contributed by atoms with Gasteiger partial charge < -0.3 is 36.8 Å². The molecule has 4 aromatic heterocycles. The predicted molar refractivity (Wildman–Crippen MR) is 273 cm³/mol. The molecule has 69 heavy (non-hydrogen) atoms. The maximum Gasteiger partial charge on any atom is 0.310 e. The van der Waals surface area contributed by atoms with E-state index in [-0.39, 0.29) is 41.9 Å². The Balaban J connectivity index is 0.000000259. The van der Waals surface area contributed by atoms with Gasteiger partial charge in [0, 0.05) is 30.8 Å². The number of nitrogen functional groups attached to an aromatic ring is 3. The summed E-state index contributed by atoms with van der Waals surface area (Å²) in [6.07, 6.45) is 3.29. The zero-order chi connectivity index (χ0) is 52.0. The highest BCUT2D eigenvalue weighted by Gasteiger charge is 2.18. The van der Waals surface area contributed by atoms with Gasteiger partial charge >= 0.3 is 17.9 Å². The molecule has 370 valence electrons. The summed E-state index contributed by atoms with van der Waals surface area (Å²) < 4.78 is 12.7. The summed E-state index contributed by atoms with van der Waals surface area (Å²) in [5.41, 5.74) is 25.2. The average molecular weight is 990 g/mol. The van der Waals surface area contributed by atoms with Gasteiger partial charge in [0.15, 0.2) is 0 Å². The quantitative estimate of drug-likeness (QED) is 0.0459. The van der Waals surface area contributed by atoms with E-state index in [1.165, 1.54) is 63.6 Å². The third kappa shape index (κ3) is 15.3. The summed E-state index contributed by atoms with van der Waals surface area (Å²) >= 11 is 2.97. The predicted octanol–water partition coefficient (Wildman–Crippen LogP) is 4.31. The molecule has 0 aliphatic carbocycles. The third-order valence-corrected chi connectivity index (χ3v) is 12.3. The monoisotopic (exact) mass is 989 g/mol. The van der Waals surface area contributed by atoms with Crippen LogP contribution in [0.2, 0.25) is 0 Å². The molecular formula is C45H59N13O9S2. The van der Waals surface area contributed by atoms with Crippen molar-refractivity contribution in [3.63, 3.8) is 0 Å². The summed E-state index contributed by atoms with van der Waals surface area (Å²) in [4.78, 5) is 95.8. The van der Waals surface area contributed by atoms with Gasteiger partial charge in [-0.15, -0.1) is 23.5 Å². The molecule has 6 rings (SSSR count). The number of benzene rings is 2. The highest BCUT2D eigenvalue weighted by Crippen LogP contribution is 2.22. The first kappa shape index (κ1) is 55.9. The lowest BCUT2D eigenvalue weighted by atomic mass is 10.1. The first-order valence-electron chi connectivity index (χ1n) is 20.7. The molecule has 0 saturated heterocycles. The number of carboxylic acids is 1. The number of anilines is 5. The van der Waals surface area contributed by atoms with Crippen LogP contribution >= 0.6 is 23.5 Å². The van der Waals surface area contributed by atoms with E-state index in [1.54, 1.807) is 34.9 Å². The lowest BCUT2D eigenvalue weighted by Gasteiger charge is -2.12. The molecule has 0 aliphatic heterocycles. The van der Waals surface area contributed by atoms with Gasteiger partial charge in [-0.25, -0.2) is 19.9 Å². The van der Waals surface area contributed by atoms with Crippen molar-refractivity contribution in [2.75, 3.05) is 49.2 Å². The number of ether oxygens (including phenoxy) is 2. The summed E-state index contributed by atoms with van der Waals surface area (Å²) in [5, 5.41) is 11.5. The van der Waals surface area contributed by atoms with Crippen molar-refractivity contribution in [1.29, 1.82) is 0 Å². The standard InChI is InChI=1S/C18H21N5O3.C12H17N3O3S2.C8H12N2.C7H9N3O3/c1-9-6-13-14(7-10(9)2)21-17(20-13)22-18-19-11(3)12(8-15(24)26-5)16(25)23(18)4;1-7-8(6-9(16)18-3)10(17)15(2)11(13-7)14-12(19-4)20-5;1-5-3-7(9)8(10)4-6(5)2;1-3-4(2-5(11)12)6(13)10-7(8)9-3/h6-7H,8H2,1-5H3,(H2,19,20,21,22);6H2,1-5H3;3-4H,9-10H2,1-2H3;2H2,1H3,(H,11,12)(H3,8,9,10,13). The van der Waals surface area contributed by atoms with Crippen LogP contribution in [0.4, 0.5) is 35.2 Å². The fraction of sp³-hybridized carbons (Fsp3) is 0.356. The van der Waals surface area contributed by atoms with Gasteiger partial charge in [-0.1, -0.05) is 0 Å². The Hall–Kier alpha value is -7.47. The van der Waals surface area contributed by atoms with Gasteiger partial charge in [-0.3, -0.25) is 48.2 Å². The number of aromatic amines is 2. The maximum absolute atomic E-state index is 12.6. The van der Waals surface area contributed by atoms with Crippen LogP contribution < -0.4 is 39.2 Å². The molecule has 2 aromatic carbocycles. The fourth-order valence-corrected chi connectivity index (χ4v) is 7.10. The largest absolute Gasteiger partial charge is 0.481 e. The lowest BCUT2D eigenvalue weighted by molar-refractivity contribution is -0.140. The van der Waals surface area contributed by atoms with Gasteiger partial charge in [-0.2, -0.15) is 4.99 Å². The number of aliphatic carboxylic acids is 1. The van der Waals surface area contributed by atoms with E-state index in [0.717, 1.165) is 21.0 Å². The van der Waals surface area contributed by atoms with Crippen molar-refractivity contribution in [1.82, 2.24) is 39.0 Å². The van der Waals surface area contributed by atoms with Crippen LogP contribution in [-0.4, -0.2) is 93.2 Å². The average Bonchev–Trinajstić information content (AvgIpc) is 3.67. The number of esters is 2. The Morgan fingerprint density at radius 2 is 1.16 bits per heavy atom. The summed E-state index contributed by atoms with van der Waals surface area (Å²) in [6.45, 7) is 13.0. The second-order valence-electron chi connectivity index (χ2n) is 15.3. The number of aryl methyl sites for hydroxylation is 7. The summed E-state index contributed by atoms with van der Waals surface area (Å²) in [7, 11) is 5.76. The number of carboxylic acid groups (broad SMARTS) is 1. The zero-order valence-electron chi connectivity index (χ0n) is 40.8. The normalized spacial score (nSPS) is 10.4. The first-order chi connectivity index (χ1) is 32.3. The highest BCUT2D eigenvalue weighted by molar-refractivity contribution is 8.38. The molecule has 0 amide bonds. The summed E-state index contributed by atoms with van der Waals surface area (Å²) in [6, 6.07) is 7.82. The highest BCUT2D eigenvalue weighted by atomic mass is 32.2. The van der Waals surface area contributed by atoms with Crippen molar-refractivity contribution < 1.29 is 29.0 Å². The van der Waals surface area contributed by atoms with Gasteiger partial charge in [0.1, 0.15) is 4.38 Å². The number of hydrogen-bond donors (Lipinski definition) is 7. The molecule has 0 unspecified atom stereocenters. The number of carbonyl (C=O) groups is 3. The Morgan fingerprint density at radius 1 is 0.681 bits per heavy atom. The minimum atomic E-state index is -1.07. The van der Waals surface area contributed by atoms with Crippen molar-refractivity contribution in [3.8, 4) is 0 Å². The van der Waals surface area contributed by atoms with Crippen molar-refractivity contribution in [3.05, 3.63) is 111 Å². The molecule has 24 heteroatoms. The minimum Gasteiger partial charge on any atom is -0.481 e. The molecule has 4 heterocycles. The van der Waals surface area contributed by atoms with E-state index in [0.29, 0.717) is 57.4 Å². The van der Waals surface area contributed by atoms with E-state index < -0.39 is 23.5 Å². The van der Waals surface area contributed by atoms with Crippen LogP contribution in [0.1, 0.15) is 56.0 Å². The van der Waals surface area contributed by atoms with E-state index in [9.17, 15) is 28.8 Å². The summed E-state index contributed by atoms with van der Waals surface area (Å²) in [5.74, 6) is -0.842. The number of rotatable bonds is 9. The number of methoxy groups -OCH3 is 2. The number of aromatic nitrogens is 8. The molecule has 0 saturated carbocycles. The number of imidazole rings is 1. The first-order valence-corrected chi connectivity index (χ1v) is 23.2. The zero-order valence-corrected chi connectivity index (χ0v) is 42.5. The molecule has 6 aromatic rings. The van der Waals surface area contributed by atoms with Gasteiger partial charge in [-0.05, 0) is 107 Å². The molecule has 10 N–H and O–H groups in total. The topological polar surface area (TPSA) is 337 Å². The third-order valence-electron chi connectivity index (χ3n) is 10.4. The fourth-order valence-electron chi connectivity index (χ4n) is 6.09. The van der Waals surface area contributed by atoms with Crippen LogP contribution in [-0.2, 0) is 57.2 Å². The van der Waals surface area contributed by atoms with Gasteiger partial charge in [0.25, 0.3) is 16.7 Å². The van der Waals surface area contributed by atoms with Crippen LogP contribution in [0.5, 0.6) is 0 Å². The molecule has 0 bridgehead atoms. The number of aliphatic imine (C=N–C) groups is 1. The van der Waals surface area contributed by atoms with Crippen molar-refractivity contribution in [2.45, 2.75) is 67.7 Å². The number of nitrogens with one attached hydrogen (secondary N) is 3. The second-order valence-corrected chi connectivity index (χ2v) is 17.2. The number of thioether (sulfide) groups is 2. The van der Waals surface area contributed by atoms with Crippen LogP contribution in [0.15, 0.2) is 43.6 Å². The molecule has 0 atom stereocenters. The molecule has 22 nitrogen and oxygen atoms in total. The van der Waals surface area contributed by atoms with Crippen molar-refractivity contribution >= 4 is 92.0 Å². The molecule has 0 fully saturated rings. The van der Waals surface area contributed by atoms with Crippen LogP contribution in [0, 0.1) is 48.5 Å². The van der Waals surface area contributed by atoms with Crippen molar-refractivity contribution in [2.24, 2.45) is 19.1 Å². The van der Waals surface area contributed by atoms with Gasteiger partial charge in [0.2, 0.25) is 23.8 Å².